The maximum absolute atomic E-state index is 12.9. The lowest BCUT2D eigenvalue weighted by Crippen LogP contribution is -2.30. The van der Waals surface area contributed by atoms with E-state index in [1.807, 2.05) is 0 Å². The summed E-state index contributed by atoms with van der Waals surface area (Å²) in [6, 6.07) is 0. The van der Waals surface area contributed by atoms with E-state index in [0.29, 0.717) is 19.3 Å². The highest BCUT2D eigenvalue weighted by Crippen LogP contribution is 2.16. The summed E-state index contributed by atoms with van der Waals surface area (Å²) in [7, 11) is 0. The van der Waals surface area contributed by atoms with Gasteiger partial charge in [0.1, 0.15) is 13.2 Å². The summed E-state index contributed by atoms with van der Waals surface area (Å²) in [5.41, 5.74) is 0. The molecule has 0 amide bonds. The number of esters is 3. The molecule has 0 aromatic heterocycles. The fraction of sp³-hybridized carbons (Fsp3) is 0.685. The first-order valence-electron chi connectivity index (χ1n) is 33.0. The quantitative estimate of drug-likeness (QED) is 0.0261. The highest BCUT2D eigenvalue weighted by Gasteiger charge is 2.19. The number of unbranched alkanes of at least 4 members (excludes halogenated alkanes) is 28. The summed E-state index contributed by atoms with van der Waals surface area (Å²) in [5, 5.41) is 0. The van der Waals surface area contributed by atoms with E-state index in [1.165, 1.54) is 141 Å². The zero-order valence-electron chi connectivity index (χ0n) is 51.6. The predicted molar refractivity (Wildman–Crippen MR) is 343 cm³/mol. The lowest BCUT2D eigenvalue weighted by atomic mass is 10.0. The van der Waals surface area contributed by atoms with Gasteiger partial charge >= 0.3 is 17.9 Å². The monoisotopic (exact) mass is 1090 g/mol. The van der Waals surface area contributed by atoms with Crippen molar-refractivity contribution in [2.24, 2.45) is 0 Å². The molecule has 1 unspecified atom stereocenters. The van der Waals surface area contributed by atoms with E-state index in [-0.39, 0.29) is 31.1 Å². The molecule has 6 heteroatoms. The molecule has 0 aliphatic carbocycles. The third kappa shape index (κ3) is 64.5. The SMILES string of the molecule is CC/C=C\C/C=C\C/C=C\C/C=C\C/C=C\C/C=C\C/C=C\C/C=C\C/C=C\C/C=C\CCCCC(=O)OCC(COC(=O)CCCCCCCCCC)OC(=O)CCCCCCCCCCCCCCCCCCCCCC. The molecule has 0 saturated heterocycles. The molecule has 6 nitrogen and oxygen atoms in total. The second-order valence-corrected chi connectivity index (χ2v) is 21.7. The first-order valence-corrected chi connectivity index (χ1v) is 33.0. The average molecular weight is 1100 g/mol. The van der Waals surface area contributed by atoms with Gasteiger partial charge in [-0.1, -0.05) is 309 Å². The highest BCUT2D eigenvalue weighted by molar-refractivity contribution is 5.71. The summed E-state index contributed by atoms with van der Waals surface area (Å²) in [4.78, 5) is 38.1. The van der Waals surface area contributed by atoms with Crippen LogP contribution >= 0.6 is 0 Å². The molecule has 0 fully saturated rings. The van der Waals surface area contributed by atoms with Crippen LogP contribution in [0, 0.1) is 0 Å². The average Bonchev–Trinajstić information content (AvgIpc) is 3.45. The van der Waals surface area contributed by atoms with Crippen molar-refractivity contribution in [3.8, 4) is 0 Å². The van der Waals surface area contributed by atoms with E-state index in [2.05, 4.69) is 142 Å². The standard InChI is InChI=1S/C73H122O6/c1-4-7-10-13-16-19-21-23-25-27-29-31-32-33-34-35-36-37-38-39-40-41-42-43-45-46-48-50-52-54-57-60-63-66-72(75)78-69-70(68-77-71(74)65-62-59-56-18-15-12-9-6-3)79-73(76)67-64-61-58-55-53-51-49-47-44-30-28-26-24-22-20-17-14-11-8-5-2/h7,10,16,19,23,25,29,31,33-34,36-37,39-40,42-43,46,48,52,54,70H,4-6,8-9,11-15,17-18,20-22,24,26-28,30,32,35,38,41,44-45,47,49-51,53,55-69H2,1-3H3/b10-7-,19-16-,25-23-,31-29-,34-33-,37-36-,40-39-,43-42-,48-46-,54-52-. The minimum absolute atomic E-state index is 0.0900. The molecule has 0 aliphatic heterocycles. The van der Waals surface area contributed by atoms with Crippen molar-refractivity contribution in [3.63, 3.8) is 0 Å². The van der Waals surface area contributed by atoms with E-state index in [4.69, 9.17) is 14.2 Å². The Hall–Kier alpha value is -4.19. The van der Waals surface area contributed by atoms with E-state index >= 15 is 0 Å². The Morgan fingerprint density at radius 3 is 0.772 bits per heavy atom. The normalized spacial score (nSPS) is 12.9. The van der Waals surface area contributed by atoms with Gasteiger partial charge in [0, 0.05) is 19.3 Å². The molecular weight excluding hydrogens is 973 g/mol. The maximum Gasteiger partial charge on any atom is 0.306 e. The Morgan fingerprint density at radius 1 is 0.266 bits per heavy atom. The van der Waals surface area contributed by atoms with Crippen LogP contribution in [0.4, 0.5) is 0 Å². The van der Waals surface area contributed by atoms with Crippen LogP contribution in [-0.4, -0.2) is 37.2 Å². The molecule has 0 radical (unpaired) electrons. The largest absolute Gasteiger partial charge is 0.462 e. The summed E-state index contributed by atoms with van der Waals surface area (Å²) in [5.74, 6) is -0.932. The van der Waals surface area contributed by atoms with Gasteiger partial charge in [-0.3, -0.25) is 14.4 Å². The molecule has 79 heavy (non-hydrogen) atoms. The number of ether oxygens (including phenoxy) is 3. The van der Waals surface area contributed by atoms with Gasteiger partial charge in [-0.25, -0.2) is 0 Å². The van der Waals surface area contributed by atoms with Gasteiger partial charge in [0.15, 0.2) is 6.10 Å². The summed E-state index contributed by atoms with van der Waals surface area (Å²) in [6.07, 6.45) is 92.3. The summed E-state index contributed by atoms with van der Waals surface area (Å²) in [6.45, 7) is 6.48. The maximum atomic E-state index is 12.9. The highest BCUT2D eigenvalue weighted by atomic mass is 16.6. The topological polar surface area (TPSA) is 78.9 Å². The molecule has 450 valence electrons. The lowest BCUT2D eigenvalue weighted by Gasteiger charge is -2.18. The first-order chi connectivity index (χ1) is 39.0. The van der Waals surface area contributed by atoms with Crippen LogP contribution in [0.25, 0.3) is 0 Å². The minimum Gasteiger partial charge on any atom is -0.462 e. The Morgan fingerprint density at radius 2 is 0.494 bits per heavy atom. The molecule has 0 aromatic rings. The number of hydrogen-bond acceptors (Lipinski definition) is 6. The first kappa shape index (κ1) is 74.8. The fourth-order valence-corrected chi connectivity index (χ4v) is 9.06. The van der Waals surface area contributed by atoms with E-state index in [9.17, 15) is 14.4 Å². The van der Waals surface area contributed by atoms with Crippen LogP contribution in [0.15, 0.2) is 122 Å². The molecule has 0 rings (SSSR count). The van der Waals surface area contributed by atoms with Gasteiger partial charge in [0.05, 0.1) is 0 Å². The molecule has 0 spiro atoms. The predicted octanol–water partition coefficient (Wildman–Crippen LogP) is 22.8. The molecule has 0 aromatic carbocycles. The Balaban J connectivity index is 4.26. The minimum atomic E-state index is -0.794. The number of hydrogen-bond donors (Lipinski definition) is 0. The van der Waals surface area contributed by atoms with Crippen molar-refractivity contribution < 1.29 is 28.6 Å². The number of rotatable bonds is 59. The van der Waals surface area contributed by atoms with Crippen molar-refractivity contribution in [3.05, 3.63) is 122 Å². The summed E-state index contributed by atoms with van der Waals surface area (Å²) >= 11 is 0. The Kier molecular flexibility index (Phi) is 62.8. The molecule has 0 aliphatic rings. The van der Waals surface area contributed by atoms with Crippen LogP contribution < -0.4 is 0 Å². The van der Waals surface area contributed by atoms with E-state index in [1.54, 1.807) is 0 Å². The van der Waals surface area contributed by atoms with Crippen molar-refractivity contribution in [2.75, 3.05) is 13.2 Å². The Bertz CT molecular complexity index is 1640. The van der Waals surface area contributed by atoms with Crippen molar-refractivity contribution in [1.29, 1.82) is 0 Å². The molecule has 0 heterocycles. The van der Waals surface area contributed by atoms with E-state index in [0.717, 1.165) is 122 Å². The Labute approximate surface area is 488 Å². The van der Waals surface area contributed by atoms with Crippen molar-refractivity contribution >= 4 is 17.9 Å². The molecule has 0 N–H and O–H groups in total. The third-order valence-corrected chi connectivity index (χ3v) is 14.0. The van der Waals surface area contributed by atoms with Crippen LogP contribution in [-0.2, 0) is 28.6 Å². The van der Waals surface area contributed by atoms with Crippen LogP contribution in [0.1, 0.15) is 303 Å². The van der Waals surface area contributed by atoms with Gasteiger partial charge in [-0.15, -0.1) is 0 Å². The van der Waals surface area contributed by atoms with Crippen LogP contribution in [0.5, 0.6) is 0 Å². The van der Waals surface area contributed by atoms with Gasteiger partial charge in [-0.2, -0.15) is 0 Å². The summed E-state index contributed by atoms with van der Waals surface area (Å²) < 4.78 is 16.8. The van der Waals surface area contributed by atoms with Crippen molar-refractivity contribution in [2.45, 2.75) is 309 Å². The molecule has 0 saturated carbocycles. The third-order valence-electron chi connectivity index (χ3n) is 14.0. The van der Waals surface area contributed by atoms with Crippen molar-refractivity contribution in [1.82, 2.24) is 0 Å². The zero-order chi connectivity index (χ0) is 57.1. The molecular formula is C73H122O6. The number of allylic oxidation sites excluding steroid dienone is 20. The van der Waals surface area contributed by atoms with Gasteiger partial charge in [-0.05, 0) is 96.3 Å². The van der Waals surface area contributed by atoms with Gasteiger partial charge in [0.25, 0.3) is 0 Å². The lowest BCUT2D eigenvalue weighted by molar-refractivity contribution is -0.167. The fourth-order valence-electron chi connectivity index (χ4n) is 9.06. The number of carbonyl (C=O) groups excluding carboxylic acids is 3. The second kappa shape index (κ2) is 66.3. The molecule has 1 atom stereocenters. The van der Waals surface area contributed by atoms with Crippen LogP contribution in [0.2, 0.25) is 0 Å². The van der Waals surface area contributed by atoms with Gasteiger partial charge < -0.3 is 14.2 Å². The second-order valence-electron chi connectivity index (χ2n) is 21.7. The van der Waals surface area contributed by atoms with Crippen LogP contribution in [0.3, 0.4) is 0 Å². The zero-order valence-corrected chi connectivity index (χ0v) is 51.6. The number of carbonyl (C=O) groups is 3. The van der Waals surface area contributed by atoms with E-state index < -0.39 is 6.10 Å². The smallest absolute Gasteiger partial charge is 0.306 e. The van der Waals surface area contributed by atoms with Gasteiger partial charge in [0.2, 0.25) is 0 Å². The molecule has 0 bridgehead atoms.